The fourth-order valence-electron chi connectivity index (χ4n) is 2.66. The molecule has 134 valence electrons. The van der Waals surface area contributed by atoms with Gasteiger partial charge in [0, 0.05) is 17.2 Å². The molecule has 7 nitrogen and oxygen atoms in total. The number of amides is 1. The topological polar surface area (TPSA) is 86.9 Å². The Morgan fingerprint density at radius 1 is 1.27 bits per heavy atom. The van der Waals surface area contributed by atoms with Gasteiger partial charge >= 0.3 is 5.97 Å². The van der Waals surface area contributed by atoms with E-state index in [2.05, 4.69) is 26.2 Å². The first kappa shape index (κ1) is 18.1. The Kier molecular flexibility index (Phi) is 5.06. The van der Waals surface area contributed by atoms with E-state index in [1.807, 2.05) is 47.8 Å². The van der Waals surface area contributed by atoms with Crippen LogP contribution >= 0.6 is 15.9 Å². The second kappa shape index (κ2) is 7.27. The number of carboxylic acids is 1. The molecule has 1 amide bonds. The smallest absolute Gasteiger partial charge is 0.337 e. The zero-order valence-corrected chi connectivity index (χ0v) is 15.8. The molecule has 2 aromatic heterocycles. The average molecular weight is 417 g/mol. The maximum absolute atomic E-state index is 12.8. The number of nitrogens with zero attached hydrogens (tertiary/aromatic N) is 3. The number of pyridine rings is 1. The highest BCUT2D eigenvalue weighted by Crippen LogP contribution is 2.23. The van der Waals surface area contributed by atoms with E-state index in [1.165, 1.54) is 6.07 Å². The molecular weight excluding hydrogens is 400 g/mol. The molecule has 0 radical (unpaired) electrons. The predicted octanol–water partition coefficient (Wildman–Crippen LogP) is 3.11. The van der Waals surface area contributed by atoms with Crippen molar-refractivity contribution in [2.24, 2.45) is 0 Å². The molecule has 3 aromatic rings. The fourth-order valence-corrected chi connectivity index (χ4v) is 3.02. The van der Waals surface area contributed by atoms with Crippen LogP contribution in [0.4, 0.5) is 5.69 Å². The van der Waals surface area contributed by atoms with Crippen molar-refractivity contribution in [3.8, 4) is 0 Å². The first-order valence-electron chi connectivity index (χ1n) is 7.81. The summed E-state index contributed by atoms with van der Waals surface area (Å²) in [7, 11) is 3.81. The summed E-state index contributed by atoms with van der Waals surface area (Å²) in [4.78, 5) is 30.6. The minimum atomic E-state index is -1.12. The number of carboxylic acid groups (broad SMARTS) is 1. The van der Waals surface area contributed by atoms with Gasteiger partial charge in [0.15, 0.2) is 5.69 Å². The average Bonchev–Trinajstić information content (AvgIpc) is 2.94. The molecule has 1 aromatic carbocycles. The Balaban J connectivity index is 2.02. The zero-order chi connectivity index (χ0) is 18.8. The van der Waals surface area contributed by atoms with Crippen LogP contribution in [0.2, 0.25) is 0 Å². The van der Waals surface area contributed by atoms with Crippen LogP contribution in [0.25, 0.3) is 5.65 Å². The zero-order valence-electron chi connectivity index (χ0n) is 14.2. The lowest BCUT2D eigenvalue weighted by atomic mass is 10.1. The van der Waals surface area contributed by atoms with Gasteiger partial charge in [-0.2, -0.15) is 0 Å². The lowest BCUT2D eigenvalue weighted by molar-refractivity contribution is 0.0698. The van der Waals surface area contributed by atoms with Crippen LogP contribution in [0.3, 0.4) is 0 Å². The van der Waals surface area contributed by atoms with Crippen LogP contribution in [0.15, 0.2) is 47.1 Å². The van der Waals surface area contributed by atoms with Crippen molar-refractivity contribution in [1.82, 2.24) is 14.3 Å². The lowest BCUT2D eigenvalue weighted by Gasteiger charge is -2.12. The molecular formula is C18H17BrN4O3. The van der Waals surface area contributed by atoms with Gasteiger partial charge in [0.25, 0.3) is 5.91 Å². The van der Waals surface area contributed by atoms with Crippen molar-refractivity contribution in [2.45, 2.75) is 6.54 Å². The molecule has 3 rings (SSSR count). The minimum Gasteiger partial charge on any atom is -0.478 e. The van der Waals surface area contributed by atoms with E-state index >= 15 is 0 Å². The van der Waals surface area contributed by atoms with E-state index in [4.69, 9.17) is 0 Å². The highest BCUT2D eigenvalue weighted by atomic mass is 79.9. The summed E-state index contributed by atoms with van der Waals surface area (Å²) in [6.07, 6.45) is 1.85. The first-order valence-corrected chi connectivity index (χ1v) is 8.61. The highest BCUT2D eigenvalue weighted by molar-refractivity contribution is 9.10. The molecule has 0 unspecified atom stereocenters. The van der Waals surface area contributed by atoms with E-state index in [-0.39, 0.29) is 16.9 Å². The van der Waals surface area contributed by atoms with Gasteiger partial charge in [0.2, 0.25) is 0 Å². The third-order valence-corrected chi connectivity index (χ3v) is 4.26. The van der Waals surface area contributed by atoms with Crippen LogP contribution in [0.5, 0.6) is 0 Å². The van der Waals surface area contributed by atoms with Crippen LogP contribution in [-0.2, 0) is 6.54 Å². The number of halogens is 1. The van der Waals surface area contributed by atoms with Crippen molar-refractivity contribution in [3.05, 3.63) is 64.0 Å². The number of aromatic carboxylic acids is 1. The molecule has 0 saturated carbocycles. The Labute approximate surface area is 158 Å². The van der Waals surface area contributed by atoms with E-state index < -0.39 is 11.9 Å². The summed E-state index contributed by atoms with van der Waals surface area (Å²) in [6, 6.07) is 10.2. The van der Waals surface area contributed by atoms with Gasteiger partial charge in [-0.3, -0.25) is 4.79 Å². The van der Waals surface area contributed by atoms with E-state index in [9.17, 15) is 14.7 Å². The van der Waals surface area contributed by atoms with Crippen LogP contribution < -0.4 is 5.32 Å². The standard InChI is InChI=1S/C18H17BrN4O3/c1-22(2)10-14-16(21-15-5-3-4-8-23(14)15)17(24)20-13-7-6-11(19)9-12(13)18(25)26/h3-9H,10H2,1-2H3,(H,20,24)(H,25,26). The quantitative estimate of drug-likeness (QED) is 0.666. The molecule has 0 saturated heterocycles. The molecule has 8 heteroatoms. The molecule has 0 spiro atoms. The van der Waals surface area contributed by atoms with Gasteiger partial charge in [-0.25, -0.2) is 9.78 Å². The van der Waals surface area contributed by atoms with Crippen molar-refractivity contribution >= 4 is 39.1 Å². The third-order valence-electron chi connectivity index (χ3n) is 3.77. The minimum absolute atomic E-state index is 0.00523. The molecule has 2 N–H and O–H groups in total. The first-order chi connectivity index (χ1) is 12.4. The summed E-state index contributed by atoms with van der Waals surface area (Å²) in [5, 5.41) is 12.0. The Hall–Kier alpha value is -2.71. The number of rotatable bonds is 5. The normalized spacial score (nSPS) is 11.1. The third kappa shape index (κ3) is 3.61. The number of nitrogens with one attached hydrogen (secondary N) is 1. The summed E-state index contributed by atoms with van der Waals surface area (Å²) >= 11 is 3.24. The van der Waals surface area contributed by atoms with Crippen molar-refractivity contribution in [1.29, 1.82) is 0 Å². The van der Waals surface area contributed by atoms with E-state index in [0.717, 1.165) is 5.69 Å². The fraction of sp³-hybridized carbons (Fsp3) is 0.167. The SMILES string of the molecule is CN(C)Cc1c(C(=O)Nc2ccc(Br)cc2C(=O)O)nc2ccccn12. The molecule has 0 aliphatic heterocycles. The second-order valence-corrected chi connectivity index (χ2v) is 6.94. The maximum atomic E-state index is 12.8. The van der Waals surface area contributed by atoms with Gasteiger partial charge in [0.1, 0.15) is 5.65 Å². The van der Waals surface area contributed by atoms with Crippen molar-refractivity contribution in [3.63, 3.8) is 0 Å². The Morgan fingerprint density at radius 2 is 2.04 bits per heavy atom. The second-order valence-electron chi connectivity index (χ2n) is 6.02. The number of carbonyl (C=O) groups is 2. The van der Waals surface area contributed by atoms with Gasteiger partial charge < -0.3 is 19.7 Å². The van der Waals surface area contributed by atoms with Gasteiger partial charge in [-0.1, -0.05) is 22.0 Å². The lowest BCUT2D eigenvalue weighted by Crippen LogP contribution is -2.20. The van der Waals surface area contributed by atoms with E-state index in [0.29, 0.717) is 16.7 Å². The van der Waals surface area contributed by atoms with Gasteiger partial charge in [-0.05, 0) is 44.4 Å². The van der Waals surface area contributed by atoms with Crippen LogP contribution in [-0.4, -0.2) is 45.4 Å². The monoisotopic (exact) mass is 416 g/mol. The number of anilines is 1. The number of hydrogen-bond donors (Lipinski definition) is 2. The summed E-state index contributed by atoms with van der Waals surface area (Å²) in [5.74, 6) is -1.57. The Morgan fingerprint density at radius 3 is 2.73 bits per heavy atom. The maximum Gasteiger partial charge on any atom is 0.337 e. The predicted molar refractivity (Wildman–Crippen MR) is 102 cm³/mol. The molecule has 26 heavy (non-hydrogen) atoms. The molecule has 0 fully saturated rings. The molecule has 0 aliphatic rings. The summed E-state index contributed by atoms with van der Waals surface area (Å²) in [6.45, 7) is 0.514. The number of fused-ring (bicyclic) bond motifs is 1. The molecule has 2 heterocycles. The highest BCUT2D eigenvalue weighted by Gasteiger charge is 2.21. The molecule has 0 aliphatic carbocycles. The van der Waals surface area contributed by atoms with E-state index in [1.54, 1.807) is 12.1 Å². The summed E-state index contributed by atoms with van der Waals surface area (Å²) < 4.78 is 2.48. The van der Waals surface area contributed by atoms with Gasteiger partial charge in [-0.15, -0.1) is 0 Å². The van der Waals surface area contributed by atoms with Crippen molar-refractivity contribution in [2.75, 3.05) is 19.4 Å². The van der Waals surface area contributed by atoms with Gasteiger partial charge in [0.05, 0.1) is 16.9 Å². The summed E-state index contributed by atoms with van der Waals surface area (Å²) in [5.41, 5.74) is 1.88. The van der Waals surface area contributed by atoms with Crippen molar-refractivity contribution < 1.29 is 14.7 Å². The largest absolute Gasteiger partial charge is 0.478 e. The number of aromatic nitrogens is 2. The number of carbonyl (C=O) groups excluding carboxylic acids is 1. The number of benzene rings is 1. The molecule has 0 atom stereocenters. The Bertz CT molecular complexity index is 997. The molecule has 0 bridgehead atoms. The van der Waals surface area contributed by atoms with Crippen LogP contribution in [0, 0.1) is 0 Å². The number of hydrogen-bond acceptors (Lipinski definition) is 4. The number of imidazole rings is 1. The van der Waals surface area contributed by atoms with Crippen LogP contribution in [0.1, 0.15) is 26.5 Å².